The first kappa shape index (κ1) is 33.6. The predicted octanol–water partition coefficient (Wildman–Crippen LogP) is 6.71. The third-order valence-electron chi connectivity index (χ3n) is 7.09. The van der Waals surface area contributed by atoms with Gasteiger partial charge in [-0.05, 0) is 67.5 Å². The smallest absolute Gasteiger partial charge is 0.232 e. The molecule has 0 saturated carbocycles. The maximum absolute atomic E-state index is 11.6. The second kappa shape index (κ2) is 13.6. The van der Waals surface area contributed by atoms with Crippen LogP contribution < -0.4 is 11.1 Å². The van der Waals surface area contributed by atoms with Gasteiger partial charge in [0.1, 0.15) is 17.4 Å². The number of nitrogens with two attached hydrogens (primary N) is 1. The van der Waals surface area contributed by atoms with Crippen LogP contribution >= 0.6 is 0 Å². The highest BCUT2D eigenvalue weighted by atomic mass is 28.4. The second-order valence-corrected chi connectivity index (χ2v) is 22.2. The van der Waals surface area contributed by atoms with Crippen molar-refractivity contribution in [2.45, 2.75) is 104 Å². The first-order valence-corrected chi connectivity index (χ1v) is 18.8. The van der Waals surface area contributed by atoms with Crippen LogP contribution in [0.1, 0.15) is 66.3 Å². The van der Waals surface area contributed by atoms with Gasteiger partial charge in [0.25, 0.3) is 0 Å². The van der Waals surface area contributed by atoms with Gasteiger partial charge in [0, 0.05) is 0 Å². The van der Waals surface area contributed by atoms with E-state index in [9.17, 15) is 9.59 Å². The molecule has 212 valence electrons. The van der Waals surface area contributed by atoms with Crippen molar-refractivity contribution in [3.8, 4) is 0 Å². The lowest BCUT2D eigenvalue weighted by Crippen LogP contribution is -2.40. The van der Waals surface area contributed by atoms with Gasteiger partial charge in [-0.25, -0.2) is 9.97 Å². The summed E-state index contributed by atoms with van der Waals surface area (Å²) in [6.45, 7) is 24.5. The van der Waals surface area contributed by atoms with Crippen molar-refractivity contribution in [1.29, 1.82) is 0 Å². The van der Waals surface area contributed by atoms with Crippen molar-refractivity contribution < 1.29 is 18.4 Å². The summed E-state index contributed by atoms with van der Waals surface area (Å²) < 4.78 is 12.2. The Hall–Kier alpha value is -2.41. The summed E-state index contributed by atoms with van der Waals surface area (Å²) in [6, 6.07) is 11.0. The average Bonchev–Trinajstić information content (AvgIpc) is 2.75. The molecule has 38 heavy (non-hydrogen) atoms. The molecule has 0 bridgehead atoms. The van der Waals surface area contributed by atoms with Gasteiger partial charge in [0.15, 0.2) is 16.6 Å². The molecule has 0 radical (unpaired) electrons. The zero-order chi connectivity index (χ0) is 29.4. The van der Waals surface area contributed by atoms with E-state index in [1.54, 1.807) is 12.1 Å². The molecule has 0 unspecified atom stereocenters. The molecular weight excluding hydrogens is 513 g/mol. The van der Waals surface area contributed by atoms with Crippen LogP contribution in [-0.4, -0.2) is 38.3 Å². The zero-order valence-electron chi connectivity index (χ0n) is 25.2. The molecule has 0 aliphatic rings. The van der Waals surface area contributed by atoms with Crippen molar-refractivity contribution >= 4 is 40.0 Å². The van der Waals surface area contributed by atoms with Gasteiger partial charge in [-0.15, -0.1) is 0 Å². The van der Waals surface area contributed by atoms with E-state index >= 15 is 0 Å². The van der Waals surface area contributed by atoms with Crippen LogP contribution in [0.2, 0.25) is 36.3 Å². The number of nitrogen functional groups attached to an aromatic ring is 1. The van der Waals surface area contributed by atoms with E-state index < -0.39 is 16.6 Å². The lowest BCUT2D eigenvalue weighted by molar-refractivity contribution is -0.124. The van der Waals surface area contributed by atoms with E-state index in [0.29, 0.717) is 24.8 Å². The normalized spacial score (nSPS) is 12.4. The van der Waals surface area contributed by atoms with Crippen molar-refractivity contribution in [2.75, 3.05) is 11.1 Å². The molecule has 0 aliphatic carbocycles. The number of hydrogen-bond donors (Lipinski definition) is 2. The van der Waals surface area contributed by atoms with Crippen LogP contribution in [0.5, 0.6) is 0 Å². The van der Waals surface area contributed by atoms with Crippen LogP contribution in [0.4, 0.5) is 11.6 Å². The Kier molecular flexibility index (Phi) is 12.0. The monoisotopic (exact) mass is 560 g/mol. The Morgan fingerprint density at radius 1 is 0.816 bits per heavy atom. The number of pyridine rings is 2. The van der Waals surface area contributed by atoms with Crippen molar-refractivity contribution in [3.63, 3.8) is 0 Å². The molecule has 0 saturated heterocycles. The maximum Gasteiger partial charge on any atom is 0.232 e. The fourth-order valence-electron chi connectivity index (χ4n) is 2.56. The van der Waals surface area contributed by atoms with Crippen molar-refractivity contribution in [3.05, 3.63) is 47.8 Å². The molecule has 2 rings (SSSR count). The summed E-state index contributed by atoms with van der Waals surface area (Å²) >= 11 is 0. The minimum Gasteiger partial charge on any atom is -0.411 e. The fraction of sp³-hybridized carbons (Fsp3) is 0.571. The molecule has 0 aliphatic heterocycles. The Labute approximate surface area is 231 Å². The topological polar surface area (TPSA) is 116 Å². The van der Waals surface area contributed by atoms with Gasteiger partial charge in [-0.1, -0.05) is 53.7 Å². The summed E-state index contributed by atoms with van der Waals surface area (Å²) in [5.41, 5.74) is 7.30. The number of hydrogen-bond acceptors (Lipinski definition) is 7. The van der Waals surface area contributed by atoms with Gasteiger partial charge >= 0.3 is 0 Å². The highest BCUT2D eigenvalue weighted by Crippen LogP contribution is 2.37. The van der Waals surface area contributed by atoms with Crippen LogP contribution in [0.3, 0.4) is 0 Å². The number of carbonyl (C=O) groups is 2. The quantitative estimate of drug-likeness (QED) is 0.259. The summed E-state index contributed by atoms with van der Waals surface area (Å²) in [5.74, 6) is 0.483. The van der Waals surface area contributed by atoms with E-state index in [4.69, 9.17) is 14.6 Å². The highest BCUT2D eigenvalue weighted by molar-refractivity contribution is 6.74. The Bertz CT molecular complexity index is 1080. The molecule has 2 aromatic rings. The molecule has 2 heterocycles. The van der Waals surface area contributed by atoms with Gasteiger partial charge in [-0.3, -0.25) is 9.59 Å². The van der Waals surface area contributed by atoms with Gasteiger partial charge in [-0.2, -0.15) is 0 Å². The minimum absolute atomic E-state index is 0.133. The number of amides is 1. The van der Waals surface area contributed by atoms with Gasteiger partial charge in [0.2, 0.25) is 5.91 Å². The Balaban J connectivity index is 0.000000399. The van der Waals surface area contributed by atoms with E-state index in [0.717, 1.165) is 11.4 Å². The third kappa shape index (κ3) is 11.5. The molecule has 2 aromatic heterocycles. The van der Waals surface area contributed by atoms with Crippen molar-refractivity contribution in [2.24, 2.45) is 0 Å². The summed E-state index contributed by atoms with van der Waals surface area (Å²) in [5, 5.41) is 2.99. The van der Waals surface area contributed by atoms with Crippen LogP contribution in [0, 0.1) is 0 Å². The molecular formula is C28H48N4O4Si2. The third-order valence-corrected chi connectivity index (χ3v) is 16.0. The van der Waals surface area contributed by atoms with Gasteiger partial charge < -0.3 is 19.9 Å². The van der Waals surface area contributed by atoms with Gasteiger partial charge in [0.05, 0.1) is 31.0 Å². The first-order chi connectivity index (χ1) is 17.2. The standard InChI is InChI=1S/C16H26N2O3Si.C12H22N2OSi/c1-12(19)10-15(20)18-14-9-7-8-13(17-14)11-21-22(5,6)16(2,3)4;1-12(2,3)16(4,5)15-9-10-7-6-8-11(13)14-10/h7-9H,10-11H2,1-6H3,(H,17,18,20);6-8H,9H2,1-5H3,(H2,13,14). The van der Waals surface area contributed by atoms with Crippen LogP contribution in [0.25, 0.3) is 0 Å². The van der Waals surface area contributed by atoms with E-state index in [1.807, 2.05) is 24.3 Å². The lowest BCUT2D eigenvalue weighted by atomic mass is 10.2. The largest absolute Gasteiger partial charge is 0.411 e. The molecule has 10 heteroatoms. The number of ketones is 1. The van der Waals surface area contributed by atoms with Crippen LogP contribution in [-0.2, 0) is 31.7 Å². The zero-order valence-corrected chi connectivity index (χ0v) is 27.2. The predicted molar refractivity (Wildman–Crippen MR) is 161 cm³/mol. The summed E-state index contributed by atoms with van der Waals surface area (Å²) in [4.78, 5) is 31.1. The number of anilines is 2. The SMILES string of the molecule is CC(=O)CC(=O)Nc1cccc(CO[Si](C)(C)C(C)(C)C)n1.CC(C)(C)[Si](C)(C)OCc1cccc(N)n1. The fourth-order valence-corrected chi connectivity index (χ4v) is 4.45. The number of aromatic nitrogens is 2. The van der Waals surface area contributed by atoms with E-state index in [-0.39, 0.29) is 28.2 Å². The summed E-state index contributed by atoms with van der Waals surface area (Å²) in [7, 11) is -3.52. The molecule has 8 nitrogen and oxygen atoms in total. The number of carbonyl (C=O) groups excluding carboxylic acids is 2. The maximum atomic E-state index is 11.6. The molecule has 0 spiro atoms. The molecule has 0 fully saturated rings. The van der Waals surface area contributed by atoms with E-state index in [1.165, 1.54) is 6.92 Å². The lowest BCUT2D eigenvalue weighted by Gasteiger charge is -2.36. The first-order valence-electron chi connectivity index (χ1n) is 13.0. The number of nitrogens with zero attached hydrogens (tertiary/aromatic N) is 2. The van der Waals surface area contributed by atoms with E-state index in [2.05, 4.69) is 83.0 Å². The number of Topliss-reactive ketones (excluding diaryl/α,β-unsaturated/α-hetero) is 1. The molecule has 0 atom stereocenters. The molecule has 3 N–H and O–H groups in total. The molecule has 0 aromatic carbocycles. The number of rotatable bonds is 9. The minimum atomic E-state index is -1.83. The Morgan fingerprint density at radius 3 is 1.68 bits per heavy atom. The summed E-state index contributed by atoms with van der Waals surface area (Å²) in [6.07, 6.45) is -0.133. The highest BCUT2D eigenvalue weighted by Gasteiger charge is 2.38. The molecule has 1 amide bonds. The number of nitrogens with one attached hydrogen (secondary N) is 1. The van der Waals surface area contributed by atoms with Crippen molar-refractivity contribution in [1.82, 2.24) is 9.97 Å². The second-order valence-electron chi connectivity index (χ2n) is 12.6. The Morgan fingerprint density at radius 2 is 1.26 bits per heavy atom. The van der Waals surface area contributed by atoms with Crippen LogP contribution in [0.15, 0.2) is 36.4 Å². The average molecular weight is 561 g/mol.